The summed E-state index contributed by atoms with van der Waals surface area (Å²) in [5.74, 6) is -1.87. The predicted molar refractivity (Wildman–Crippen MR) is 106 cm³/mol. The Hall–Kier alpha value is -1.20. The van der Waals surface area contributed by atoms with Gasteiger partial charge in [0.2, 0.25) is 0 Å². The predicted octanol–water partition coefficient (Wildman–Crippen LogP) is 3.97. The van der Waals surface area contributed by atoms with Crippen LogP contribution in [0.25, 0.3) is 0 Å². The van der Waals surface area contributed by atoms with E-state index in [0.717, 1.165) is 6.42 Å². The van der Waals surface area contributed by atoms with Gasteiger partial charge >= 0.3 is 0 Å². The first-order valence-corrected chi connectivity index (χ1v) is 10.4. The molecule has 0 aromatic rings. The highest BCUT2D eigenvalue weighted by Crippen LogP contribution is 2.44. The lowest BCUT2D eigenvalue weighted by Gasteiger charge is -2.35. The standard InChI is InChI=1S/C22H38O5/c1-7-15(6)9-10-16-20(25)19(17(23)12-14(4)5)21(26)22(16,27)18(24)11-8-13(2)3/h13-16,18,24,26-27H,7-12H2,1-6H3/t15?,16-,18+,22+/m1/s1. The van der Waals surface area contributed by atoms with Gasteiger partial charge in [-0.1, -0.05) is 48.0 Å². The molecule has 1 rings (SSSR count). The molecular weight excluding hydrogens is 344 g/mol. The molecule has 0 aromatic heterocycles. The second-order valence-corrected chi connectivity index (χ2v) is 9.06. The number of rotatable bonds is 11. The maximum atomic E-state index is 13.0. The number of aliphatic hydroxyl groups is 3. The van der Waals surface area contributed by atoms with E-state index in [4.69, 9.17) is 0 Å². The van der Waals surface area contributed by atoms with E-state index in [9.17, 15) is 24.9 Å². The molecule has 0 spiro atoms. The quantitative estimate of drug-likeness (QED) is 0.470. The molecule has 0 saturated carbocycles. The van der Waals surface area contributed by atoms with Crippen LogP contribution in [0.3, 0.4) is 0 Å². The second-order valence-electron chi connectivity index (χ2n) is 9.06. The lowest BCUT2D eigenvalue weighted by atomic mass is 9.78. The Morgan fingerprint density at radius 3 is 2.15 bits per heavy atom. The van der Waals surface area contributed by atoms with Crippen LogP contribution in [0, 0.1) is 23.7 Å². The lowest BCUT2D eigenvalue weighted by Crippen LogP contribution is -2.49. The van der Waals surface area contributed by atoms with E-state index >= 15 is 0 Å². The summed E-state index contributed by atoms with van der Waals surface area (Å²) < 4.78 is 0. The highest BCUT2D eigenvalue weighted by molar-refractivity contribution is 6.23. The van der Waals surface area contributed by atoms with Crippen molar-refractivity contribution in [3.63, 3.8) is 0 Å². The molecule has 0 saturated heterocycles. The Morgan fingerprint density at radius 1 is 1.07 bits per heavy atom. The Balaban J connectivity index is 3.23. The van der Waals surface area contributed by atoms with Crippen LogP contribution in [0.5, 0.6) is 0 Å². The molecule has 1 unspecified atom stereocenters. The first-order valence-electron chi connectivity index (χ1n) is 10.4. The molecule has 4 atom stereocenters. The highest BCUT2D eigenvalue weighted by atomic mass is 16.4. The molecule has 156 valence electrons. The average Bonchev–Trinajstić information content (AvgIpc) is 2.77. The lowest BCUT2D eigenvalue weighted by molar-refractivity contribution is -0.137. The molecule has 0 aliphatic heterocycles. The van der Waals surface area contributed by atoms with Crippen molar-refractivity contribution >= 4 is 11.6 Å². The van der Waals surface area contributed by atoms with Gasteiger partial charge in [0.15, 0.2) is 17.2 Å². The topological polar surface area (TPSA) is 94.8 Å². The minimum atomic E-state index is -2.07. The van der Waals surface area contributed by atoms with Crippen molar-refractivity contribution in [3.05, 3.63) is 11.3 Å². The molecule has 27 heavy (non-hydrogen) atoms. The monoisotopic (exact) mass is 382 g/mol. The molecule has 0 bridgehead atoms. The van der Waals surface area contributed by atoms with Crippen LogP contribution in [0.15, 0.2) is 11.3 Å². The number of carbonyl (C=O) groups excluding carboxylic acids is 2. The third-order valence-electron chi connectivity index (χ3n) is 5.75. The zero-order chi connectivity index (χ0) is 20.9. The average molecular weight is 383 g/mol. The van der Waals surface area contributed by atoms with Crippen LogP contribution < -0.4 is 0 Å². The summed E-state index contributed by atoms with van der Waals surface area (Å²) in [6.07, 6.45) is 1.72. The fourth-order valence-electron chi connectivity index (χ4n) is 3.71. The highest BCUT2D eigenvalue weighted by Gasteiger charge is 2.58. The Kier molecular flexibility index (Phi) is 8.68. The Labute approximate surface area is 163 Å². The van der Waals surface area contributed by atoms with E-state index in [1.165, 1.54) is 0 Å². The Morgan fingerprint density at radius 2 is 1.67 bits per heavy atom. The van der Waals surface area contributed by atoms with Gasteiger partial charge in [0.25, 0.3) is 0 Å². The van der Waals surface area contributed by atoms with Gasteiger partial charge < -0.3 is 15.3 Å². The third kappa shape index (κ3) is 5.41. The number of carbonyl (C=O) groups is 2. The van der Waals surface area contributed by atoms with Crippen molar-refractivity contribution in [3.8, 4) is 0 Å². The zero-order valence-corrected chi connectivity index (χ0v) is 17.8. The van der Waals surface area contributed by atoms with Crippen molar-refractivity contribution < 1.29 is 24.9 Å². The number of allylic oxidation sites excluding steroid dienone is 1. The summed E-state index contributed by atoms with van der Waals surface area (Å²) >= 11 is 0. The van der Waals surface area contributed by atoms with Crippen LogP contribution in [0.4, 0.5) is 0 Å². The molecule has 0 amide bonds. The zero-order valence-electron chi connectivity index (χ0n) is 17.8. The Bertz CT molecular complexity index is 563. The maximum Gasteiger partial charge on any atom is 0.176 e. The van der Waals surface area contributed by atoms with Crippen molar-refractivity contribution in [1.29, 1.82) is 0 Å². The summed E-state index contributed by atoms with van der Waals surface area (Å²) in [6, 6.07) is 0. The van der Waals surface area contributed by atoms with E-state index < -0.39 is 34.9 Å². The first-order chi connectivity index (χ1) is 12.5. The molecule has 5 nitrogen and oxygen atoms in total. The smallest absolute Gasteiger partial charge is 0.176 e. The van der Waals surface area contributed by atoms with E-state index in [-0.39, 0.29) is 24.3 Å². The van der Waals surface area contributed by atoms with Gasteiger partial charge in [-0.25, -0.2) is 0 Å². The molecule has 3 N–H and O–H groups in total. The minimum Gasteiger partial charge on any atom is -0.508 e. The van der Waals surface area contributed by atoms with Gasteiger partial charge in [0.05, 0.1) is 12.0 Å². The summed E-state index contributed by atoms with van der Waals surface area (Å²) in [6.45, 7) is 11.8. The molecular formula is C22H38O5. The SMILES string of the molecule is CCC(C)CC[C@@H]1C(=O)C(C(=O)CC(C)C)=C(O)[C@@]1(O)[C@@H](O)CCC(C)C. The van der Waals surface area contributed by atoms with Gasteiger partial charge in [-0.2, -0.15) is 0 Å². The molecule has 1 aliphatic carbocycles. The first kappa shape index (κ1) is 23.8. The number of aliphatic hydroxyl groups excluding tert-OH is 2. The summed E-state index contributed by atoms with van der Waals surface area (Å²) in [5, 5.41) is 32.7. The molecule has 1 aliphatic rings. The molecule has 0 fully saturated rings. The van der Waals surface area contributed by atoms with Crippen LogP contribution in [-0.4, -0.2) is 38.6 Å². The fourth-order valence-corrected chi connectivity index (χ4v) is 3.71. The van der Waals surface area contributed by atoms with E-state index in [0.29, 0.717) is 31.1 Å². The summed E-state index contributed by atoms with van der Waals surface area (Å²) in [4.78, 5) is 25.5. The van der Waals surface area contributed by atoms with Crippen molar-refractivity contribution in [2.45, 2.75) is 91.8 Å². The van der Waals surface area contributed by atoms with E-state index in [2.05, 4.69) is 13.8 Å². The van der Waals surface area contributed by atoms with Gasteiger partial charge in [-0.3, -0.25) is 9.59 Å². The molecule has 5 heteroatoms. The van der Waals surface area contributed by atoms with Crippen molar-refractivity contribution in [2.75, 3.05) is 0 Å². The maximum absolute atomic E-state index is 13.0. The summed E-state index contributed by atoms with van der Waals surface area (Å²) in [7, 11) is 0. The summed E-state index contributed by atoms with van der Waals surface area (Å²) in [5.41, 5.74) is -2.37. The fraction of sp³-hybridized carbons (Fsp3) is 0.818. The number of hydrogen-bond donors (Lipinski definition) is 3. The van der Waals surface area contributed by atoms with Gasteiger partial charge in [0.1, 0.15) is 11.3 Å². The second kappa shape index (κ2) is 9.83. The number of hydrogen-bond acceptors (Lipinski definition) is 5. The van der Waals surface area contributed by atoms with Crippen molar-refractivity contribution in [1.82, 2.24) is 0 Å². The van der Waals surface area contributed by atoms with Gasteiger partial charge in [-0.05, 0) is 43.4 Å². The molecule has 0 radical (unpaired) electrons. The van der Waals surface area contributed by atoms with Crippen molar-refractivity contribution in [2.24, 2.45) is 23.7 Å². The largest absolute Gasteiger partial charge is 0.508 e. The van der Waals surface area contributed by atoms with Crippen LogP contribution >= 0.6 is 0 Å². The molecule has 0 heterocycles. The molecule has 0 aromatic carbocycles. The number of ketones is 2. The minimum absolute atomic E-state index is 0.0312. The van der Waals surface area contributed by atoms with Crippen LogP contribution in [-0.2, 0) is 9.59 Å². The van der Waals surface area contributed by atoms with E-state index in [1.54, 1.807) is 0 Å². The number of Topliss-reactive ketones (excluding diaryl/α,β-unsaturated/α-hetero) is 2. The van der Waals surface area contributed by atoms with Crippen LogP contribution in [0.1, 0.15) is 80.1 Å². The van der Waals surface area contributed by atoms with E-state index in [1.807, 2.05) is 27.7 Å². The van der Waals surface area contributed by atoms with Gasteiger partial charge in [0, 0.05) is 6.42 Å². The van der Waals surface area contributed by atoms with Crippen LogP contribution in [0.2, 0.25) is 0 Å². The third-order valence-corrected chi connectivity index (χ3v) is 5.75. The normalized spacial score (nSPS) is 25.6. The van der Waals surface area contributed by atoms with Gasteiger partial charge in [-0.15, -0.1) is 0 Å².